The molecule has 4 rings (SSSR count). The summed E-state index contributed by atoms with van der Waals surface area (Å²) in [5.74, 6) is -0.0632. The molecule has 146 valence electrons. The SMILES string of the molecule is O=C(CCN1CCO[C@@H](c2ccc(Cl)cc2)C1)Nc1ccc2[nH]c(=O)[nH]c2c1. The molecule has 0 aliphatic carbocycles. The maximum atomic E-state index is 12.3. The minimum Gasteiger partial charge on any atom is -0.371 e. The summed E-state index contributed by atoms with van der Waals surface area (Å²) in [5.41, 5.74) is 2.87. The highest BCUT2D eigenvalue weighted by atomic mass is 35.5. The number of nitrogens with zero attached hydrogens (tertiary/aromatic N) is 1. The van der Waals surface area contributed by atoms with Crippen molar-refractivity contribution in [1.82, 2.24) is 14.9 Å². The first-order chi connectivity index (χ1) is 13.6. The molecule has 0 bridgehead atoms. The van der Waals surface area contributed by atoms with E-state index in [1.165, 1.54) is 0 Å². The van der Waals surface area contributed by atoms with Crippen LogP contribution in [0.25, 0.3) is 11.0 Å². The Morgan fingerprint density at radius 2 is 1.96 bits per heavy atom. The van der Waals surface area contributed by atoms with Crippen LogP contribution in [0.4, 0.5) is 5.69 Å². The van der Waals surface area contributed by atoms with E-state index in [9.17, 15) is 9.59 Å². The Balaban J connectivity index is 1.31. The Morgan fingerprint density at radius 3 is 2.79 bits per heavy atom. The van der Waals surface area contributed by atoms with Crippen molar-refractivity contribution in [3.8, 4) is 0 Å². The van der Waals surface area contributed by atoms with Crippen LogP contribution in [0.5, 0.6) is 0 Å². The van der Waals surface area contributed by atoms with Crippen molar-refractivity contribution in [2.45, 2.75) is 12.5 Å². The van der Waals surface area contributed by atoms with Gasteiger partial charge < -0.3 is 20.0 Å². The van der Waals surface area contributed by atoms with E-state index in [4.69, 9.17) is 16.3 Å². The highest BCUT2D eigenvalue weighted by Crippen LogP contribution is 2.24. The van der Waals surface area contributed by atoms with Gasteiger partial charge in [-0.05, 0) is 35.9 Å². The van der Waals surface area contributed by atoms with Gasteiger partial charge in [-0.3, -0.25) is 9.69 Å². The number of ether oxygens (including phenoxy) is 1. The minimum absolute atomic E-state index is 0.0121. The van der Waals surface area contributed by atoms with E-state index in [-0.39, 0.29) is 17.7 Å². The summed E-state index contributed by atoms with van der Waals surface area (Å²) in [6.07, 6.45) is 0.372. The molecule has 1 amide bonds. The number of hydrogen-bond acceptors (Lipinski definition) is 4. The molecule has 0 spiro atoms. The van der Waals surface area contributed by atoms with Crippen molar-refractivity contribution in [2.75, 3.05) is 31.6 Å². The zero-order valence-electron chi connectivity index (χ0n) is 15.2. The molecule has 28 heavy (non-hydrogen) atoms. The highest BCUT2D eigenvalue weighted by molar-refractivity contribution is 6.30. The van der Waals surface area contributed by atoms with Crippen LogP contribution in [0.1, 0.15) is 18.1 Å². The molecule has 2 aromatic carbocycles. The maximum Gasteiger partial charge on any atom is 0.323 e. The molecule has 1 aromatic heterocycles. The van der Waals surface area contributed by atoms with E-state index in [1.807, 2.05) is 24.3 Å². The van der Waals surface area contributed by atoms with E-state index < -0.39 is 0 Å². The monoisotopic (exact) mass is 400 g/mol. The highest BCUT2D eigenvalue weighted by Gasteiger charge is 2.22. The molecule has 1 aliphatic rings. The molecule has 1 saturated heterocycles. The first kappa shape index (κ1) is 18.7. The average Bonchev–Trinajstić information content (AvgIpc) is 3.06. The number of aromatic nitrogens is 2. The first-order valence-electron chi connectivity index (χ1n) is 9.18. The smallest absolute Gasteiger partial charge is 0.323 e. The van der Waals surface area contributed by atoms with E-state index in [1.54, 1.807) is 18.2 Å². The summed E-state index contributed by atoms with van der Waals surface area (Å²) in [5, 5.41) is 3.59. The number of H-pyrrole nitrogens is 2. The summed E-state index contributed by atoms with van der Waals surface area (Å²) in [6, 6.07) is 13.0. The molecule has 3 N–H and O–H groups in total. The van der Waals surface area contributed by atoms with Crippen LogP contribution in [0.3, 0.4) is 0 Å². The fraction of sp³-hybridized carbons (Fsp3) is 0.300. The number of morpholine rings is 1. The third-order valence-electron chi connectivity index (χ3n) is 4.85. The lowest BCUT2D eigenvalue weighted by Gasteiger charge is -2.33. The van der Waals surface area contributed by atoms with Gasteiger partial charge in [-0.2, -0.15) is 0 Å². The Kier molecular flexibility index (Phi) is 5.47. The first-order valence-corrected chi connectivity index (χ1v) is 9.56. The number of rotatable bonds is 5. The quantitative estimate of drug-likeness (QED) is 0.614. The van der Waals surface area contributed by atoms with Gasteiger partial charge in [0, 0.05) is 36.8 Å². The fourth-order valence-corrected chi connectivity index (χ4v) is 3.50. The van der Waals surface area contributed by atoms with Gasteiger partial charge in [0.1, 0.15) is 0 Å². The van der Waals surface area contributed by atoms with E-state index in [2.05, 4.69) is 20.2 Å². The number of nitrogens with one attached hydrogen (secondary N) is 3. The summed E-state index contributed by atoms with van der Waals surface area (Å²) < 4.78 is 5.86. The zero-order chi connectivity index (χ0) is 19.5. The number of aromatic amines is 2. The molecule has 1 fully saturated rings. The topological polar surface area (TPSA) is 90.2 Å². The summed E-state index contributed by atoms with van der Waals surface area (Å²) in [6.45, 7) is 2.83. The van der Waals surface area contributed by atoms with Gasteiger partial charge in [0.15, 0.2) is 0 Å². The Labute approximate surface area is 166 Å². The third kappa shape index (κ3) is 4.44. The Hall–Kier alpha value is -2.61. The van der Waals surface area contributed by atoms with Crippen LogP contribution in [-0.4, -0.2) is 47.0 Å². The predicted octanol–water partition coefficient (Wildman–Crippen LogP) is 2.91. The molecule has 0 saturated carbocycles. The molecule has 0 unspecified atom stereocenters. The molecular formula is C20H21ClN4O3. The van der Waals surface area contributed by atoms with E-state index in [0.717, 1.165) is 18.7 Å². The van der Waals surface area contributed by atoms with Gasteiger partial charge in [0.25, 0.3) is 0 Å². The van der Waals surface area contributed by atoms with Gasteiger partial charge >= 0.3 is 5.69 Å². The molecule has 8 heteroatoms. The van der Waals surface area contributed by atoms with Crippen LogP contribution < -0.4 is 11.0 Å². The summed E-state index contributed by atoms with van der Waals surface area (Å²) >= 11 is 5.95. The van der Waals surface area contributed by atoms with Crippen molar-refractivity contribution in [1.29, 1.82) is 0 Å². The van der Waals surface area contributed by atoms with Crippen molar-refractivity contribution >= 4 is 34.2 Å². The number of hydrogen-bond donors (Lipinski definition) is 3. The number of benzene rings is 2. The van der Waals surface area contributed by atoms with Gasteiger partial charge in [-0.25, -0.2) is 4.79 Å². The second-order valence-electron chi connectivity index (χ2n) is 6.85. The fourth-order valence-electron chi connectivity index (χ4n) is 3.38. The third-order valence-corrected chi connectivity index (χ3v) is 5.10. The second kappa shape index (κ2) is 8.18. The molecular weight excluding hydrogens is 380 g/mol. The van der Waals surface area contributed by atoms with Crippen LogP contribution in [-0.2, 0) is 9.53 Å². The number of fused-ring (bicyclic) bond motifs is 1. The lowest BCUT2D eigenvalue weighted by atomic mass is 10.1. The van der Waals surface area contributed by atoms with Crippen LogP contribution in [0.2, 0.25) is 5.02 Å². The van der Waals surface area contributed by atoms with Gasteiger partial charge in [0.2, 0.25) is 5.91 Å². The number of amides is 1. The van der Waals surface area contributed by atoms with Crippen LogP contribution in [0, 0.1) is 0 Å². The van der Waals surface area contributed by atoms with Crippen molar-refractivity contribution in [3.63, 3.8) is 0 Å². The lowest BCUT2D eigenvalue weighted by molar-refractivity contribution is -0.117. The predicted molar refractivity (Wildman–Crippen MR) is 109 cm³/mol. The summed E-state index contributed by atoms with van der Waals surface area (Å²) in [7, 11) is 0. The normalized spacial score (nSPS) is 17.7. The molecule has 3 aromatic rings. The minimum atomic E-state index is -0.263. The molecule has 7 nitrogen and oxygen atoms in total. The number of imidazole rings is 1. The molecule has 1 atom stereocenters. The largest absolute Gasteiger partial charge is 0.371 e. The van der Waals surface area contributed by atoms with Crippen molar-refractivity contribution in [2.24, 2.45) is 0 Å². The lowest BCUT2D eigenvalue weighted by Crippen LogP contribution is -2.39. The number of halogens is 1. The van der Waals surface area contributed by atoms with Gasteiger partial charge in [0.05, 0.1) is 23.7 Å². The number of anilines is 1. The Morgan fingerprint density at radius 1 is 1.18 bits per heavy atom. The van der Waals surface area contributed by atoms with Crippen molar-refractivity contribution < 1.29 is 9.53 Å². The van der Waals surface area contributed by atoms with E-state index >= 15 is 0 Å². The standard InChI is InChI=1S/C20H21ClN4O3/c21-14-3-1-13(2-4-14)18-12-25(9-10-28-18)8-7-19(26)22-15-5-6-16-17(11-15)24-20(27)23-16/h1-6,11,18H,7-10,12H2,(H,22,26)(H2,23,24,27)/t18-/m1/s1. The summed E-state index contributed by atoms with van der Waals surface area (Å²) in [4.78, 5) is 31.2. The van der Waals surface area contributed by atoms with E-state index in [0.29, 0.717) is 41.3 Å². The number of carbonyl (C=O) groups is 1. The zero-order valence-corrected chi connectivity index (χ0v) is 16.0. The Bertz CT molecular complexity index is 1030. The average molecular weight is 401 g/mol. The molecule has 0 radical (unpaired) electrons. The molecule has 1 aliphatic heterocycles. The van der Waals surface area contributed by atoms with Gasteiger partial charge in [-0.15, -0.1) is 0 Å². The molecule has 2 heterocycles. The van der Waals surface area contributed by atoms with Crippen LogP contribution >= 0.6 is 11.6 Å². The maximum absolute atomic E-state index is 12.3. The van der Waals surface area contributed by atoms with Crippen molar-refractivity contribution in [3.05, 3.63) is 63.5 Å². The second-order valence-corrected chi connectivity index (χ2v) is 7.29. The van der Waals surface area contributed by atoms with Gasteiger partial charge in [-0.1, -0.05) is 23.7 Å². The van der Waals surface area contributed by atoms with Crippen LogP contribution in [0.15, 0.2) is 47.3 Å². The number of carbonyl (C=O) groups excluding carboxylic acids is 1.